The van der Waals surface area contributed by atoms with Crippen molar-refractivity contribution in [3.05, 3.63) is 23.4 Å². The van der Waals surface area contributed by atoms with Gasteiger partial charge in [-0.15, -0.1) is 0 Å². The van der Waals surface area contributed by atoms with E-state index in [1.807, 2.05) is 6.20 Å². The van der Waals surface area contributed by atoms with E-state index in [-0.39, 0.29) is 0 Å². The first-order valence-corrected chi connectivity index (χ1v) is 8.31. The first kappa shape index (κ1) is 16.2. The summed E-state index contributed by atoms with van der Waals surface area (Å²) in [6.07, 6.45) is 3.20. The number of likely N-dealkylation sites (N-methyl/N-ethyl adjacent to an activating group) is 1. The van der Waals surface area contributed by atoms with Crippen LogP contribution >= 0.6 is 0 Å². The van der Waals surface area contributed by atoms with Gasteiger partial charge in [0, 0.05) is 38.4 Å². The first-order chi connectivity index (χ1) is 10.2. The molecule has 1 saturated heterocycles. The first-order valence-electron chi connectivity index (χ1n) is 8.31. The fraction of sp³-hybridized carbons (Fsp3) is 0.706. The Morgan fingerprint density at radius 1 is 1.33 bits per heavy atom. The minimum absolute atomic E-state index is 0.607. The molecule has 1 aromatic rings. The molecule has 4 nitrogen and oxygen atoms in total. The summed E-state index contributed by atoms with van der Waals surface area (Å²) >= 11 is 0. The lowest BCUT2D eigenvalue weighted by Gasteiger charge is -2.40. The van der Waals surface area contributed by atoms with E-state index in [0.717, 1.165) is 45.1 Å². The van der Waals surface area contributed by atoms with E-state index in [9.17, 15) is 0 Å². The van der Waals surface area contributed by atoms with Crippen LogP contribution in [-0.4, -0.2) is 48.6 Å². The number of hydrogen-bond donors (Lipinski definition) is 1. The Balaban J connectivity index is 2.00. The third-order valence-corrected chi connectivity index (χ3v) is 4.33. The van der Waals surface area contributed by atoms with Crippen molar-refractivity contribution in [1.82, 2.24) is 15.2 Å². The molecule has 1 fully saturated rings. The van der Waals surface area contributed by atoms with Crippen molar-refractivity contribution in [2.75, 3.05) is 37.6 Å². The zero-order valence-electron chi connectivity index (χ0n) is 14.0. The van der Waals surface area contributed by atoms with E-state index in [0.29, 0.717) is 6.04 Å². The van der Waals surface area contributed by atoms with Crippen molar-refractivity contribution >= 4 is 5.82 Å². The van der Waals surface area contributed by atoms with E-state index in [1.165, 1.54) is 17.5 Å². The molecule has 0 saturated carbocycles. The van der Waals surface area contributed by atoms with Crippen LogP contribution in [0.25, 0.3) is 0 Å². The molecule has 21 heavy (non-hydrogen) atoms. The third kappa shape index (κ3) is 4.17. The van der Waals surface area contributed by atoms with Crippen LogP contribution < -0.4 is 10.2 Å². The van der Waals surface area contributed by atoms with Crippen molar-refractivity contribution in [3.8, 4) is 0 Å². The monoisotopic (exact) mass is 290 g/mol. The van der Waals surface area contributed by atoms with Gasteiger partial charge >= 0.3 is 0 Å². The van der Waals surface area contributed by atoms with Gasteiger partial charge in [0.2, 0.25) is 0 Å². The molecule has 2 heterocycles. The molecule has 4 heteroatoms. The Morgan fingerprint density at radius 3 is 2.76 bits per heavy atom. The van der Waals surface area contributed by atoms with E-state index in [1.54, 1.807) is 0 Å². The molecular weight excluding hydrogens is 260 g/mol. The highest BCUT2D eigenvalue weighted by Crippen LogP contribution is 2.21. The van der Waals surface area contributed by atoms with Crippen molar-refractivity contribution in [3.63, 3.8) is 0 Å². The minimum Gasteiger partial charge on any atom is -0.354 e. The summed E-state index contributed by atoms with van der Waals surface area (Å²) in [4.78, 5) is 9.71. The van der Waals surface area contributed by atoms with Crippen LogP contribution in [0.15, 0.2) is 12.3 Å². The maximum absolute atomic E-state index is 4.73. The van der Waals surface area contributed by atoms with Gasteiger partial charge in [0.15, 0.2) is 0 Å². The van der Waals surface area contributed by atoms with Crippen LogP contribution in [0.3, 0.4) is 0 Å². The van der Waals surface area contributed by atoms with Crippen molar-refractivity contribution in [2.24, 2.45) is 0 Å². The molecule has 1 atom stereocenters. The summed E-state index contributed by atoms with van der Waals surface area (Å²) in [5.74, 6) is 1.16. The molecule has 0 aliphatic carbocycles. The summed E-state index contributed by atoms with van der Waals surface area (Å²) < 4.78 is 0. The van der Waals surface area contributed by atoms with Crippen molar-refractivity contribution in [1.29, 1.82) is 0 Å². The average Bonchev–Trinajstić information content (AvgIpc) is 2.47. The minimum atomic E-state index is 0.607. The van der Waals surface area contributed by atoms with E-state index in [2.05, 4.69) is 48.9 Å². The Kier molecular flexibility index (Phi) is 6.00. The Morgan fingerprint density at radius 2 is 2.14 bits per heavy atom. The number of aromatic nitrogens is 1. The second-order valence-electron chi connectivity index (χ2n) is 6.08. The summed E-state index contributed by atoms with van der Waals surface area (Å²) in [6.45, 7) is 15.4. The van der Waals surface area contributed by atoms with E-state index in [4.69, 9.17) is 4.98 Å². The lowest BCUT2D eigenvalue weighted by Crippen LogP contribution is -2.52. The predicted molar refractivity (Wildman–Crippen MR) is 89.9 cm³/mol. The Labute approximate surface area is 129 Å². The topological polar surface area (TPSA) is 31.4 Å². The molecule has 0 aromatic carbocycles. The molecule has 0 bridgehead atoms. The van der Waals surface area contributed by atoms with Gasteiger partial charge in [-0.25, -0.2) is 4.98 Å². The fourth-order valence-corrected chi connectivity index (χ4v) is 3.12. The van der Waals surface area contributed by atoms with E-state index < -0.39 is 0 Å². The van der Waals surface area contributed by atoms with Crippen LogP contribution in [0.4, 0.5) is 5.82 Å². The van der Waals surface area contributed by atoms with Gasteiger partial charge in [-0.05, 0) is 50.6 Å². The van der Waals surface area contributed by atoms with Gasteiger partial charge < -0.3 is 10.2 Å². The van der Waals surface area contributed by atoms with E-state index >= 15 is 0 Å². The molecule has 1 aliphatic heterocycles. The molecule has 1 aliphatic rings. The molecule has 0 spiro atoms. The lowest BCUT2D eigenvalue weighted by atomic mass is 10.1. The summed E-state index contributed by atoms with van der Waals surface area (Å²) in [5, 5.41) is 3.44. The summed E-state index contributed by atoms with van der Waals surface area (Å²) in [5.41, 5.74) is 2.58. The largest absolute Gasteiger partial charge is 0.354 e. The lowest BCUT2D eigenvalue weighted by molar-refractivity contribution is 0.199. The molecule has 1 unspecified atom stereocenters. The zero-order chi connectivity index (χ0) is 15.2. The molecule has 2 rings (SSSR count). The Hall–Kier alpha value is -1.13. The van der Waals surface area contributed by atoms with Crippen molar-refractivity contribution in [2.45, 2.75) is 46.7 Å². The number of hydrogen-bond acceptors (Lipinski definition) is 4. The number of piperazine rings is 1. The second-order valence-corrected chi connectivity index (χ2v) is 6.08. The standard InChI is InChI=1S/C17H30N4/c1-5-7-18-11-16-10-14(3)17(19-12-16)21-9-8-20(6-2)15(4)13-21/h10,12,15,18H,5-9,11,13H2,1-4H3. The van der Waals surface area contributed by atoms with Gasteiger partial charge in [-0.2, -0.15) is 0 Å². The zero-order valence-corrected chi connectivity index (χ0v) is 14.0. The molecule has 0 amide bonds. The molecule has 118 valence electrons. The molecule has 0 radical (unpaired) electrons. The van der Waals surface area contributed by atoms with Crippen LogP contribution in [-0.2, 0) is 6.54 Å². The van der Waals surface area contributed by atoms with Gasteiger partial charge in [-0.3, -0.25) is 4.90 Å². The number of nitrogens with one attached hydrogen (secondary N) is 1. The predicted octanol–water partition coefficient (Wildman–Crippen LogP) is 2.42. The third-order valence-electron chi connectivity index (χ3n) is 4.33. The quantitative estimate of drug-likeness (QED) is 0.815. The van der Waals surface area contributed by atoms with Gasteiger partial charge in [0.05, 0.1) is 0 Å². The second kappa shape index (κ2) is 7.76. The maximum atomic E-state index is 4.73. The average molecular weight is 290 g/mol. The van der Waals surface area contributed by atoms with Gasteiger partial charge in [0.25, 0.3) is 0 Å². The summed E-state index contributed by atoms with van der Waals surface area (Å²) in [6, 6.07) is 2.89. The fourth-order valence-electron chi connectivity index (χ4n) is 3.12. The number of pyridine rings is 1. The van der Waals surface area contributed by atoms with Crippen LogP contribution in [0, 0.1) is 6.92 Å². The van der Waals surface area contributed by atoms with Gasteiger partial charge in [0.1, 0.15) is 5.82 Å². The van der Waals surface area contributed by atoms with Crippen LogP contribution in [0.5, 0.6) is 0 Å². The highest BCUT2D eigenvalue weighted by Gasteiger charge is 2.24. The molecular formula is C17H30N4. The highest BCUT2D eigenvalue weighted by atomic mass is 15.3. The number of anilines is 1. The van der Waals surface area contributed by atoms with Crippen LogP contribution in [0.2, 0.25) is 0 Å². The number of rotatable bonds is 6. The Bertz CT molecular complexity index is 446. The number of aryl methyl sites for hydroxylation is 1. The normalized spacial score (nSPS) is 20.0. The smallest absolute Gasteiger partial charge is 0.131 e. The molecule has 1 N–H and O–H groups in total. The number of nitrogens with zero attached hydrogens (tertiary/aromatic N) is 3. The summed E-state index contributed by atoms with van der Waals surface area (Å²) in [7, 11) is 0. The van der Waals surface area contributed by atoms with Crippen LogP contribution in [0.1, 0.15) is 38.3 Å². The SMILES string of the molecule is CCCNCc1cnc(N2CCN(CC)C(C)C2)c(C)c1. The van der Waals surface area contributed by atoms with Gasteiger partial charge in [-0.1, -0.05) is 13.8 Å². The van der Waals surface area contributed by atoms with Crippen molar-refractivity contribution < 1.29 is 0 Å². The molecule has 1 aromatic heterocycles. The maximum Gasteiger partial charge on any atom is 0.131 e. The highest BCUT2D eigenvalue weighted by molar-refractivity contribution is 5.48.